The number of carbonyl (C=O) groups excluding carboxylic acids is 1. The van der Waals surface area contributed by atoms with E-state index in [9.17, 15) is 18.0 Å². The Hall–Kier alpha value is -0.780. The molecule has 98 valence electrons. The Bertz CT molecular complexity index is 331. The summed E-state index contributed by atoms with van der Waals surface area (Å²) in [5, 5.41) is 2.67. The van der Waals surface area contributed by atoms with Gasteiger partial charge >= 0.3 is 6.18 Å². The predicted octanol–water partition coefficient (Wildman–Crippen LogP) is 1.57. The van der Waals surface area contributed by atoms with Gasteiger partial charge in [0.15, 0.2) is 0 Å². The molecule has 6 heteroatoms. The highest BCUT2D eigenvalue weighted by molar-refractivity contribution is 5.83. The number of carbonyl (C=O) groups is 1. The summed E-state index contributed by atoms with van der Waals surface area (Å²) in [6.07, 6.45) is -4.10. The van der Waals surface area contributed by atoms with E-state index in [-0.39, 0.29) is 31.1 Å². The smallest absolute Gasteiger partial charge is 0.349 e. The number of alkyl halides is 3. The molecule has 3 N–H and O–H groups in total. The van der Waals surface area contributed by atoms with Gasteiger partial charge < -0.3 is 11.1 Å². The van der Waals surface area contributed by atoms with E-state index >= 15 is 0 Å². The molecule has 2 bridgehead atoms. The van der Waals surface area contributed by atoms with E-state index in [1.54, 1.807) is 0 Å². The molecule has 3 aliphatic carbocycles. The van der Waals surface area contributed by atoms with Crippen molar-refractivity contribution in [3.63, 3.8) is 0 Å². The average molecular weight is 250 g/mol. The molecule has 3 nitrogen and oxygen atoms in total. The van der Waals surface area contributed by atoms with Gasteiger partial charge in [0.1, 0.15) is 0 Å². The normalized spacial score (nSPS) is 37.1. The fraction of sp³-hybridized carbons (Fsp3) is 0.909. The minimum Gasteiger partial charge on any atom is -0.349 e. The number of rotatable bonds is 3. The van der Waals surface area contributed by atoms with Crippen molar-refractivity contribution in [1.29, 1.82) is 0 Å². The van der Waals surface area contributed by atoms with Gasteiger partial charge in [-0.25, -0.2) is 0 Å². The number of hydrogen-bond acceptors (Lipinski definition) is 2. The lowest BCUT2D eigenvalue weighted by Crippen LogP contribution is -2.79. The van der Waals surface area contributed by atoms with Crippen molar-refractivity contribution in [2.75, 3.05) is 0 Å². The predicted molar refractivity (Wildman–Crippen MR) is 56.0 cm³/mol. The van der Waals surface area contributed by atoms with Crippen LogP contribution < -0.4 is 11.1 Å². The second-order valence-electron chi connectivity index (χ2n) is 5.85. The topological polar surface area (TPSA) is 55.1 Å². The van der Waals surface area contributed by atoms with Crippen LogP contribution in [0.4, 0.5) is 13.2 Å². The van der Waals surface area contributed by atoms with Gasteiger partial charge in [0, 0.05) is 5.54 Å². The standard InChI is InChI=1S/C11H17F3N2O/c1-6(2)7(15)8(17)16-10-3-9(4-10,5-10)11(12,13)14/h6-7H,3-5,15H2,1-2H3,(H,16,17). The first-order chi connectivity index (χ1) is 7.61. The van der Waals surface area contributed by atoms with Crippen molar-refractivity contribution in [3.8, 4) is 0 Å². The highest BCUT2D eigenvalue weighted by Crippen LogP contribution is 2.73. The van der Waals surface area contributed by atoms with E-state index in [1.165, 1.54) is 0 Å². The molecule has 0 aromatic carbocycles. The van der Waals surface area contributed by atoms with E-state index in [2.05, 4.69) is 5.32 Å². The van der Waals surface area contributed by atoms with Gasteiger partial charge in [-0.3, -0.25) is 4.79 Å². The van der Waals surface area contributed by atoms with Crippen LogP contribution in [0.1, 0.15) is 33.1 Å². The van der Waals surface area contributed by atoms with Gasteiger partial charge in [-0.2, -0.15) is 13.2 Å². The Morgan fingerprint density at radius 1 is 1.29 bits per heavy atom. The quantitative estimate of drug-likeness (QED) is 0.798. The molecule has 0 aromatic heterocycles. The zero-order valence-electron chi connectivity index (χ0n) is 9.90. The third kappa shape index (κ3) is 1.73. The lowest BCUT2D eigenvalue weighted by molar-refractivity contribution is -0.337. The van der Waals surface area contributed by atoms with Crippen LogP contribution in [-0.2, 0) is 4.79 Å². The molecular weight excluding hydrogens is 233 g/mol. The number of hydrogen-bond donors (Lipinski definition) is 2. The minimum absolute atomic E-state index is 0.0139. The molecule has 0 heterocycles. The van der Waals surface area contributed by atoms with E-state index < -0.39 is 23.2 Å². The highest BCUT2D eigenvalue weighted by atomic mass is 19.4. The van der Waals surface area contributed by atoms with Crippen LogP contribution in [0.25, 0.3) is 0 Å². The van der Waals surface area contributed by atoms with Gasteiger partial charge in [0.2, 0.25) is 5.91 Å². The number of halogens is 3. The fourth-order valence-corrected chi connectivity index (χ4v) is 2.87. The van der Waals surface area contributed by atoms with Crippen molar-refractivity contribution in [1.82, 2.24) is 5.32 Å². The summed E-state index contributed by atoms with van der Waals surface area (Å²) in [5.74, 6) is -0.352. The maximum atomic E-state index is 12.6. The Kier molecular flexibility index (Phi) is 2.51. The van der Waals surface area contributed by atoms with Gasteiger partial charge in [0.25, 0.3) is 0 Å². The largest absolute Gasteiger partial charge is 0.394 e. The van der Waals surface area contributed by atoms with Crippen molar-refractivity contribution in [2.24, 2.45) is 17.1 Å². The van der Waals surface area contributed by atoms with Crippen LogP contribution >= 0.6 is 0 Å². The Labute approximate surface area is 97.9 Å². The van der Waals surface area contributed by atoms with Crippen LogP contribution in [0.2, 0.25) is 0 Å². The average Bonchev–Trinajstić information content (AvgIpc) is 2.04. The maximum absolute atomic E-state index is 12.6. The Balaban J connectivity index is 1.88. The summed E-state index contributed by atoms with van der Waals surface area (Å²) in [6.45, 7) is 3.62. The molecule has 0 spiro atoms. The SMILES string of the molecule is CC(C)C(N)C(=O)NC12CC(C(F)(F)F)(C1)C2. The molecule has 3 aliphatic rings. The first kappa shape index (κ1) is 12.7. The van der Waals surface area contributed by atoms with Crippen LogP contribution in [0.5, 0.6) is 0 Å². The van der Waals surface area contributed by atoms with Crippen molar-refractivity contribution in [2.45, 2.75) is 50.9 Å². The van der Waals surface area contributed by atoms with Gasteiger partial charge in [-0.15, -0.1) is 0 Å². The van der Waals surface area contributed by atoms with E-state index in [0.717, 1.165) is 0 Å². The second-order valence-corrected chi connectivity index (χ2v) is 5.85. The molecule has 1 amide bonds. The number of nitrogens with one attached hydrogen (secondary N) is 1. The van der Waals surface area contributed by atoms with Crippen molar-refractivity contribution in [3.05, 3.63) is 0 Å². The maximum Gasteiger partial charge on any atom is 0.394 e. The summed E-state index contributed by atoms with van der Waals surface area (Å²) < 4.78 is 37.7. The van der Waals surface area contributed by atoms with Crippen LogP contribution in [0, 0.1) is 11.3 Å². The van der Waals surface area contributed by atoms with Gasteiger partial charge in [-0.05, 0) is 25.2 Å². The molecule has 0 radical (unpaired) electrons. The molecule has 3 rings (SSSR count). The number of amides is 1. The van der Waals surface area contributed by atoms with E-state index in [4.69, 9.17) is 5.73 Å². The lowest BCUT2D eigenvalue weighted by atomic mass is 9.39. The molecule has 0 aliphatic heterocycles. The van der Waals surface area contributed by atoms with Gasteiger partial charge in [0.05, 0.1) is 11.5 Å². The van der Waals surface area contributed by atoms with Crippen molar-refractivity contribution < 1.29 is 18.0 Å². The number of nitrogens with two attached hydrogens (primary N) is 1. The first-order valence-electron chi connectivity index (χ1n) is 5.75. The Morgan fingerprint density at radius 2 is 1.76 bits per heavy atom. The molecule has 3 fully saturated rings. The Morgan fingerprint density at radius 3 is 2.12 bits per heavy atom. The zero-order chi connectivity index (χ0) is 13.1. The fourth-order valence-electron chi connectivity index (χ4n) is 2.87. The summed E-state index contributed by atoms with van der Waals surface area (Å²) >= 11 is 0. The van der Waals surface area contributed by atoms with Crippen molar-refractivity contribution >= 4 is 5.91 Å². The third-order valence-corrected chi connectivity index (χ3v) is 4.04. The van der Waals surface area contributed by atoms with Crippen LogP contribution in [0.3, 0.4) is 0 Å². The third-order valence-electron chi connectivity index (χ3n) is 4.04. The molecule has 17 heavy (non-hydrogen) atoms. The molecule has 3 saturated carbocycles. The summed E-state index contributed by atoms with van der Waals surface area (Å²) in [6, 6.07) is -0.647. The van der Waals surface area contributed by atoms with E-state index in [1.807, 2.05) is 13.8 Å². The molecule has 0 aromatic rings. The van der Waals surface area contributed by atoms with Crippen LogP contribution in [0.15, 0.2) is 0 Å². The minimum atomic E-state index is -4.14. The highest BCUT2D eigenvalue weighted by Gasteiger charge is 2.79. The first-order valence-corrected chi connectivity index (χ1v) is 5.75. The van der Waals surface area contributed by atoms with Gasteiger partial charge in [-0.1, -0.05) is 13.8 Å². The summed E-state index contributed by atoms with van der Waals surface area (Å²) in [4.78, 5) is 11.7. The lowest BCUT2D eigenvalue weighted by Gasteiger charge is -2.70. The monoisotopic (exact) mass is 250 g/mol. The second kappa shape index (κ2) is 3.37. The molecule has 0 saturated heterocycles. The molecule has 1 atom stereocenters. The van der Waals surface area contributed by atoms with E-state index in [0.29, 0.717) is 0 Å². The summed E-state index contributed by atoms with van der Waals surface area (Å²) in [7, 11) is 0. The molecule has 1 unspecified atom stereocenters. The summed E-state index contributed by atoms with van der Waals surface area (Å²) in [5.41, 5.74) is 3.50. The molecular formula is C11H17F3N2O. The van der Waals surface area contributed by atoms with Crippen LogP contribution in [-0.4, -0.2) is 23.7 Å². The zero-order valence-corrected chi connectivity index (χ0v) is 9.90.